The molecule has 0 radical (unpaired) electrons. The van der Waals surface area contributed by atoms with Gasteiger partial charge in [-0.3, -0.25) is 19.2 Å². The van der Waals surface area contributed by atoms with Crippen LogP contribution in [0.3, 0.4) is 0 Å². The molecule has 2 amide bonds. The van der Waals surface area contributed by atoms with Crippen LogP contribution in [0.25, 0.3) is 0 Å². The minimum absolute atomic E-state index is 0.120. The molecule has 0 aromatic carbocycles. The number of nitrogens with zero attached hydrogens (tertiary/aromatic N) is 5. The highest BCUT2D eigenvalue weighted by atomic mass is 32.2. The van der Waals surface area contributed by atoms with E-state index in [-0.39, 0.29) is 5.70 Å². The molecule has 33 heavy (non-hydrogen) atoms. The topological polar surface area (TPSA) is 130 Å². The summed E-state index contributed by atoms with van der Waals surface area (Å²) < 4.78 is 39.4. The van der Waals surface area contributed by atoms with Crippen LogP contribution in [0.4, 0.5) is 13.2 Å². The van der Waals surface area contributed by atoms with Crippen molar-refractivity contribution in [3.05, 3.63) is 34.2 Å². The number of thioether (sulfide) groups is 2. The predicted molar refractivity (Wildman–Crippen MR) is 112 cm³/mol. The maximum atomic E-state index is 12.7. The van der Waals surface area contributed by atoms with E-state index in [1.807, 2.05) is 0 Å². The van der Waals surface area contributed by atoms with Gasteiger partial charge in [-0.05, 0) is 18.6 Å². The number of hydrogen-bond acceptors (Lipinski definition) is 9. The van der Waals surface area contributed by atoms with E-state index in [4.69, 9.17) is 0 Å². The van der Waals surface area contributed by atoms with Crippen LogP contribution < -0.4 is 5.32 Å². The fourth-order valence-electron chi connectivity index (χ4n) is 3.25. The van der Waals surface area contributed by atoms with Crippen LogP contribution in [-0.2, 0) is 27.1 Å². The summed E-state index contributed by atoms with van der Waals surface area (Å²) in [5, 5.41) is 23.5. The molecule has 16 heteroatoms. The number of alkyl halides is 3. The molecule has 0 bridgehead atoms. The first-order valence-electron chi connectivity index (χ1n) is 9.27. The number of hydrogen-bond donors (Lipinski definition) is 2. The lowest BCUT2D eigenvalue weighted by Crippen LogP contribution is -2.70. The molecule has 2 N–H and O–H groups in total. The number of halogens is 3. The summed E-state index contributed by atoms with van der Waals surface area (Å²) in [5.74, 6) is -1.90. The molecule has 10 nitrogen and oxygen atoms in total. The Morgan fingerprint density at radius 2 is 2.12 bits per heavy atom. The molecule has 0 aliphatic carbocycles. The summed E-state index contributed by atoms with van der Waals surface area (Å²) in [6.07, 6.45) is -3.61. The van der Waals surface area contributed by atoms with Gasteiger partial charge in [0, 0.05) is 17.7 Å². The van der Waals surface area contributed by atoms with Crippen LogP contribution in [-0.4, -0.2) is 70.7 Å². The van der Waals surface area contributed by atoms with Crippen LogP contribution in [0, 0.1) is 6.92 Å². The molecule has 2 aromatic rings. The standard InChI is InChI=1S/C17H15F3N6O4S3/c1-7-22-23-16(33-7)32-6-8-5-31-14-11(13(28)26(14)12(8)15(29)30)21-10(27)4-25-3-2-9(24-25)17(18,19)20/h2-3,11,14H,4-6H2,1H3,(H,21,27)(H,29,30). The van der Waals surface area contributed by atoms with Crippen LogP contribution in [0.1, 0.15) is 10.7 Å². The quantitative estimate of drug-likeness (QED) is 0.413. The minimum atomic E-state index is -4.63. The molecule has 2 unspecified atom stereocenters. The zero-order valence-electron chi connectivity index (χ0n) is 16.7. The number of carbonyl (C=O) groups excluding carboxylic acids is 2. The number of carbonyl (C=O) groups is 3. The van der Waals surface area contributed by atoms with Crippen molar-refractivity contribution in [3.63, 3.8) is 0 Å². The largest absolute Gasteiger partial charge is 0.477 e. The average Bonchev–Trinajstić information content (AvgIpc) is 3.38. The highest BCUT2D eigenvalue weighted by Gasteiger charge is 2.54. The third-order valence-electron chi connectivity index (χ3n) is 4.68. The van der Waals surface area contributed by atoms with E-state index in [0.717, 1.165) is 26.9 Å². The zero-order chi connectivity index (χ0) is 23.9. The average molecular weight is 521 g/mol. The Kier molecular flexibility index (Phi) is 6.41. The van der Waals surface area contributed by atoms with Crippen molar-refractivity contribution in [2.24, 2.45) is 0 Å². The summed E-state index contributed by atoms with van der Waals surface area (Å²) in [7, 11) is 0. The van der Waals surface area contributed by atoms with Crippen molar-refractivity contribution in [2.45, 2.75) is 35.4 Å². The zero-order valence-corrected chi connectivity index (χ0v) is 19.1. The molecule has 1 saturated heterocycles. The normalized spacial score (nSPS) is 20.5. The van der Waals surface area contributed by atoms with E-state index >= 15 is 0 Å². The lowest BCUT2D eigenvalue weighted by molar-refractivity contribution is -0.150. The number of fused-ring (bicyclic) bond motifs is 1. The number of amides is 2. The van der Waals surface area contributed by atoms with Gasteiger partial charge in [0.2, 0.25) is 5.91 Å². The molecule has 176 valence electrons. The van der Waals surface area contributed by atoms with Crippen LogP contribution >= 0.6 is 34.9 Å². The Labute approximate surface area is 196 Å². The Bertz CT molecular complexity index is 1150. The third kappa shape index (κ3) is 4.86. The fraction of sp³-hybridized carbons (Fsp3) is 0.412. The monoisotopic (exact) mass is 520 g/mol. The smallest absolute Gasteiger partial charge is 0.435 e. The van der Waals surface area contributed by atoms with E-state index in [9.17, 15) is 32.7 Å². The SMILES string of the molecule is Cc1nnc(SCC2=C(C(=O)O)N3C(=O)C(NC(=O)Cn4ccc(C(F)(F)F)n4)C3SC2)s1. The summed E-state index contributed by atoms with van der Waals surface area (Å²) in [4.78, 5) is 37.9. The summed E-state index contributed by atoms with van der Waals surface area (Å²) in [5.41, 5.74) is -0.699. The summed E-state index contributed by atoms with van der Waals surface area (Å²) in [6.45, 7) is 1.29. The molecule has 0 spiro atoms. The Hall–Kier alpha value is -2.59. The minimum Gasteiger partial charge on any atom is -0.477 e. The summed E-state index contributed by atoms with van der Waals surface area (Å²) >= 11 is 4.01. The van der Waals surface area contributed by atoms with E-state index < -0.39 is 47.6 Å². The van der Waals surface area contributed by atoms with Gasteiger partial charge >= 0.3 is 12.1 Å². The van der Waals surface area contributed by atoms with E-state index in [2.05, 4.69) is 20.6 Å². The molecule has 2 aliphatic rings. The highest BCUT2D eigenvalue weighted by Crippen LogP contribution is 2.41. The van der Waals surface area contributed by atoms with Gasteiger partial charge < -0.3 is 10.4 Å². The van der Waals surface area contributed by atoms with Crippen molar-refractivity contribution in [2.75, 3.05) is 11.5 Å². The molecule has 4 rings (SSSR count). The van der Waals surface area contributed by atoms with Crippen molar-refractivity contribution >= 4 is 52.6 Å². The van der Waals surface area contributed by atoms with Gasteiger partial charge in [-0.2, -0.15) is 18.3 Å². The maximum absolute atomic E-state index is 12.7. The second kappa shape index (κ2) is 8.98. The number of nitrogens with one attached hydrogen (secondary N) is 1. The second-order valence-electron chi connectivity index (χ2n) is 6.98. The van der Waals surface area contributed by atoms with Gasteiger partial charge in [0.05, 0.1) is 0 Å². The first kappa shape index (κ1) is 23.6. The lowest BCUT2D eigenvalue weighted by atomic mass is 10.0. The molecular formula is C17H15F3N6O4S3. The van der Waals surface area contributed by atoms with Gasteiger partial charge in [-0.1, -0.05) is 23.1 Å². The summed E-state index contributed by atoms with van der Waals surface area (Å²) in [6, 6.07) is -0.234. The van der Waals surface area contributed by atoms with Crippen molar-refractivity contribution < 1.29 is 32.7 Å². The van der Waals surface area contributed by atoms with E-state index in [0.29, 0.717) is 21.4 Å². The number of β-lactam (4-membered cyclic amide) rings is 1. The number of carboxylic acid groups (broad SMARTS) is 1. The van der Waals surface area contributed by atoms with Crippen molar-refractivity contribution in [1.82, 2.24) is 30.2 Å². The van der Waals surface area contributed by atoms with Crippen LogP contribution in [0.5, 0.6) is 0 Å². The molecular weight excluding hydrogens is 505 g/mol. The fourth-order valence-corrected chi connectivity index (χ4v) is 6.55. The van der Waals surface area contributed by atoms with Gasteiger partial charge in [0.1, 0.15) is 28.7 Å². The number of aromatic nitrogens is 4. The van der Waals surface area contributed by atoms with E-state index in [1.54, 1.807) is 6.92 Å². The first-order chi connectivity index (χ1) is 15.5. The second-order valence-corrected chi connectivity index (χ2v) is 10.5. The number of carboxylic acids is 1. The van der Waals surface area contributed by atoms with Gasteiger partial charge in [-0.25, -0.2) is 4.79 Å². The Balaban J connectivity index is 1.40. The molecule has 2 aromatic heterocycles. The predicted octanol–water partition coefficient (Wildman–Crippen LogP) is 1.59. The Morgan fingerprint density at radius 1 is 1.36 bits per heavy atom. The van der Waals surface area contributed by atoms with Gasteiger partial charge in [-0.15, -0.1) is 22.0 Å². The number of aryl methyl sites for hydroxylation is 1. The molecule has 4 heterocycles. The first-order valence-corrected chi connectivity index (χ1v) is 12.1. The van der Waals surface area contributed by atoms with Crippen molar-refractivity contribution in [3.8, 4) is 0 Å². The molecule has 1 fully saturated rings. The van der Waals surface area contributed by atoms with Gasteiger partial charge in [0.25, 0.3) is 5.91 Å². The van der Waals surface area contributed by atoms with Crippen LogP contribution in [0.15, 0.2) is 27.9 Å². The molecule has 0 saturated carbocycles. The van der Waals surface area contributed by atoms with Crippen LogP contribution in [0.2, 0.25) is 0 Å². The Morgan fingerprint density at radius 3 is 2.73 bits per heavy atom. The number of rotatable bonds is 7. The lowest BCUT2D eigenvalue weighted by Gasteiger charge is -2.49. The third-order valence-corrected chi connectivity index (χ3v) is 8.08. The maximum Gasteiger partial charge on any atom is 0.435 e. The van der Waals surface area contributed by atoms with E-state index in [1.165, 1.54) is 34.9 Å². The highest BCUT2D eigenvalue weighted by molar-refractivity contribution is 8.01. The molecule has 2 aliphatic heterocycles. The van der Waals surface area contributed by atoms with Gasteiger partial charge in [0.15, 0.2) is 10.0 Å². The molecule has 2 atom stereocenters. The van der Waals surface area contributed by atoms with Crippen molar-refractivity contribution in [1.29, 1.82) is 0 Å². The number of aliphatic carboxylic acids is 1.